The van der Waals surface area contributed by atoms with Crippen LogP contribution in [0.3, 0.4) is 0 Å². The smallest absolute Gasteiger partial charge is 0.244 e. The molecule has 4 aromatic rings. The Morgan fingerprint density at radius 1 is 1.30 bits per heavy atom. The SMILES string of the molecule is COc1nc(NC2CCC(C)(O)CC2)nn2cc(F)c(-c3ccc4ncn(CCF)c4c3)c12. The molecular formula is C23H26F2N6O2. The number of hydrogen-bond donors (Lipinski definition) is 2. The third kappa shape index (κ3) is 3.99. The van der Waals surface area contributed by atoms with E-state index < -0.39 is 18.1 Å². The molecule has 0 atom stereocenters. The molecule has 1 fully saturated rings. The first-order valence-electron chi connectivity index (χ1n) is 11.0. The first kappa shape index (κ1) is 21.6. The molecule has 0 unspecified atom stereocenters. The van der Waals surface area contributed by atoms with Gasteiger partial charge in [0.1, 0.15) is 12.2 Å². The molecule has 0 radical (unpaired) electrons. The number of aliphatic hydroxyl groups is 1. The van der Waals surface area contributed by atoms with Crippen LogP contribution in [0.2, 0.25) is 0 Å². The molecule has 1 aromatic carbocycles. The lowest BCUT2D eigenvalue weighted by atomic mass is 9.84. The van der Waals surface area contributed by atoms with Crippen molar-refractivity contribution < 1.29 is 18.6 Å². The van der Waals surface area contributed by atoms with Crippen LogP contribution >= 0.6 is 0 Å². The van der Waals surface area contributed by atoms with E-state index in [1.807, 2.05) is 6.92 Å². The largest absolute Gasteiger partial charge is 0.479 e. The normalized spacial score (nSPS) is 21.1. The molecule has 1 aliphatic rings. The summed E-state index contributed by atoms with van der Waals surface area (Å²) in [6, 6.07) is 5.46. The van der Waals surface area contributed by atoms with Crippen LogP contribution in [-0.2, 0) is 6.54 Å². The topological polar surface area (TPSA) is 89.5 Å². The minimum atomic E-state index is -0.639. The van der Waals surface area contributed by atoms with Crippen LogP contribution < -0.4 is 10.1 Å². The molecule has 2 N–H and O–H groups in total. The number of benzene rings is 1. The standard InChI is InChI=1S/C23H26F2N6O2/c1-23(32)7-5-15(6-8-23)27-22-28-21(33-2)20-19(16(25)12-31(20)29-22)14-3-4-17-18(11-14)30(10-9-24)13-26-17/h3-4,11-13,15,32H,5-10H2,1-2H3,(H,27,29). The van der Waals surface area contributed by atoms with Gasteiger partial charge in [0.05, 0.1) is 48.4 Å². The summed E-state index contributed by atoms with van der Waals surface area (Å²) in [4.78, 5) is 8.77. The molecule has 0 saturated heterocycles. The van der Waals surface area contributed by atoms with Crippen LogP contribution in [-0.4, -0.2) is 54.7 Å². The van der Waals surface area contributed by atoms with Crippen molar-refractivity contribution in [2.75, 3.05) is 19.1 Å². The van der Waals surface area contributed by atoms with Crippen LogP contribution in [0, 0.1) is 5.82 Å². The van der Waals surface area contributed by atoms with Gasteiger partial charge in [-0.2, -0.15) is 4.98 Å². The minimum Gasteiger partial charge on any atom is -0.479 e. The monoisotopic (exact) mass is 456 g/mol. The fourth-order valence-electron chi connectivity index (χ4n) is 4.55. The number of imidazole rings is 1. The number of aromatic nitrogens is 5. The van der Waals surface area contributed by atoms with Gasteiger partial charge in [0, 0.05) is 6.04 Å². The number of fused-ring (bicyclic) bond motifs is 2. The van der Waals surface area contributed by atoms with Gasteiger partial charge in [0.15, 0.2) is 5.82 Å². The summed E-state index contributed by atoms with van der Waals surface area (Å²) in [6.45, 7) is 1.51. The number of hydrogen-bond acceptors (Lipinski definition) is 6. The van der Waals surface area contributed by atoms with Crippen LogP contribution in [0.5, 0.6) is 5.88 Å². The van der Waals surface area contributed by atoms with Crippen LogP contribution in [0.1, 0.15) is 32.6 Å². The minimum absolute atomic E-state index is 0.116. The van der Waals surface area contributed by atoms with Crippen LogP contribution in [0.4, 0.5) is 14.7 Å². The van der Waals surface area contributed by atoms with Crippen molar-refractivity contribution in [3.63, 3.8) is 0 Å². The molecule has 1 aliphatic carbocycles. The van der Waals surface area contributed by atoms with Crippen molar-refractivity contribution in [1.29, 1.82) is 0 Å². The first-order chi connectivity index (χ1) is 15.9. The number of nitrogens with zero attached hydrogens (tertiary/aromatic N) is 5. The van der Waals surface area contributed by atoms with Crippen molar-refractivity contribution >= 4 is 22.5 Å². The van der Waals surface area contributed by atoms with Gasteiger partial charge >= 0.3 is 0 Å². The maximum Gasteiger partial charge on any atom is 0.244 e. The molecule has 33 heavy (non-hydrogen) atoms. The zero-order chi connectivity index (χ0) is 23.2. The molecule has 1 saturated carbocycles. The number of ether oxygens (including phenoxy) is 1. The Morgan fingerprint density at radius 3 is 2.82 bits per heavy atom. The zero-order valence-corrected chi connectivity index (χ0v) is 18.6. The molecule has 0 bridgehead atoms. The van der Waals surface area contributed by atoms with Crippen LogP contribution in [0.25, 0.3) is 27.7 Å². The Balaban J connectivity index is 1.54. The van der Waals surface area contributed by atoms with E-state index in [0.717, 1.165) is 18.4 Å². The van der Waals surface area contributed by atoms with Crippen molar-refractivity contribution in [3.05, 3.63) is 36.5 Å². The van der Waals surface area contributed by atoms with E-state index in [1.54, 1.807) is 29.1 Å². The van der Waals surface area contributed by atoms with Crippen LogP contribution in [0.15, 0.2) is 30.7 Å². The number of rotatable bonds is 6. The van der Waals surface area contributed by atoms with E-state index in [-0.39, 0.29) is 18.5 Å². The van der Waals surface area contributed by atoms with Gasteiger partial charge in [-0.3, -0.25) is 0 Å². The van der Waals surface area contributed by atoms with E-state index in [0.29, 0.717) is 41.0 Å². The predicted octanol–water partition coefficient (Wildman–Crippen LogP) is 3.97. The Bertz CT molecular complexity index is 1310. The second kappa shape index (κ2) is 8.26. The summed E-state index contributed by atoms with van der Waals surface area (Å²) in [6.07, 6.45) is 5.83. The molecule has 0 spiro atoms. The maximum atomic E-state index is 15.2. The first-order valence-corrected chi connectivity index (χ1v) is 11.0. The Labute approximate surface area is 189 Å². The number of alkyl halides is 1. The molecule has 3 heterocycles. The number of anilines is 1. The predicted molar refractivity (Wildman–Crippen MR) is 121 cm³/mol. The average Bonchev–Trinajstić information content (AvgIpc) is 3.34. The maximum absolute atomic E-state index is 15.2. The highest BCUT2D eigenvalue weighted by atomic mass is 19.1. The lowest BCUT2D eigenvalue weighted by molar-refractivity contribution is 0.0195. The lowest BCUT2D eigenvalue weighted by Crippen LogP contribution is -2.36. The number of nitrogens with one attached hydrogen (secondary N) is 1. The second-order valence-corrected chi connectivity index (χ2v) is 8.84. The third-order valence-electron chi connectivity index (χ3n) is 6.38. The van der Waals surface area contributed by atoms with E-state index in [9.17, 15) is 9.50 Å². The number of halogens is 2. The van der Waals surface area contributed by atoms with Gasteiger partial charge in [-0.25, -0.2) is 18.3 Å². The highest BCUT2D eigenvalue weighted by Crippen LogP contribution is 2.36. The van der Waals surface area contributed by atoms with Crippen molar-refractivity contribution in [2.45, 2.75) is 50.8 Å². The zero-order valence-electron chi connectivity index (χ0n) is 18.6. The van der Waals surface area contributed by atoms with Gasteiger partial charge < -0.3 is 19.7 Å². The second-order valence-electron chi connectivity index (χ2n) is 8.84. The van der Waals surface area contributed by atoms with Gasteiger partial charge in [-0.05, 0) is 50.3 Å². The fourth-order valence-corrected chi connectivity index (χ4v) is 4.55. The van der Waals surface area contributed by atoms with Crippen molar-refractivity contribution in [3.8, 4) is 17.0 Å². The fraction of sp³-hybridized carbons (Fsp3) is 0.435. The van der Waals surface area contributed by atoms with Gasteiger partial charge in [-0.15, -0.1) is 5.10 Å². The summed E-state index contributed by atoms with van der Waals surface area (Å²) < 4.78 is 36.7. The molecule has 5 rings (SSSR count). The van der Waals surface area contributed by atoms with E-state index >= 15 is 4.39 Å². The van der Waals surface area contributed by atoms with Gasteiger partial charge in [0.2, 0.25) is 11.8 Å². The lowest BCUT2D eigenvalue weighted by Gasteiger charge is -2.33. The third-order valence-corrected chi connectivity index (χ3v) is 6.38. The molecule has 174 valence electrons. The quantitative estimate of drug-likeness (QED) is 0.456. The Hall–Kier alpha value is -3.27. The molecule has 0 amide bonds. The van der Waals surface area contributed by atoms with Crippen molar-refractivity contribution in [1.82, 2.24) is 24.1 Å². The summed E-state index contributed by atoms with van der Waals surface area (Å²) in [5, 5.41) is 17.9. The molecule has 3 aromatic heterocycles. The van der Waals surface area contributed by atoms with Gasteiger partial charge in [0.25, 0.3) is 0 Å². The average molecular weight is 456 g/mol. The molecule has 10 heteroatoms. The Morgan fingerprint density at radius 2 is 2.09 bits per heavy atom. The molecule has 8 nitrogen and oxygen atoms in total. The Kier molecular flexibility index (Phi) is 5.40. The summed E-state index contributed by atoms with van der Waals surface area (Å²) >= 11 is 0. The number of aryl methyl sites for hydroxylation is 1. The summed E-state index contributed by atoms with van der Waals surface area (Å²) in [5.41, 5.74) is 2.10. The summed E-state index contributed by atoms with van der Waals surface area (Å²) in [5.74, 6) is 0.111. The van der Waals surface area contributed by atoms with Gasteiger partial charge in [-0.1, -0.05) is 6.07 Å². The van der Waals surface area contributed by atoms with E-state index in [4.69, 9.17) is 4.74 Å². The van der Waals surface area contributed by atoms with E-state index in [1.165, 1.54) is 17.8 Å². The summed E-state index contributed by atoms with van der Waals surface area (Å²) in [7, 11) is 1.48. The highest BCUT2D eigenvalue weighted by Gasteiger charge is 2.29. The highest BCUT2D eigenvalue weighted by molar-refractivity contribution is 5.90. The number of methoxy groups -OCH3 is 1. The van der Waals surface area contributed by atoms with Crippen molar-refractivity contribution in [2.24, 2.45) is 0 Å². The van der Waals surface area contributed by atoms with E-state index in [2.05, 4.69) is 20.4 Å². The molecule has 0 aliphatic heterocycles. The molecular weight excluding hydrogens is 430 g/mol.